The molecule has 3 aromatic carbocycles. The summed E-state index contributed by atoms with van der Waals surface area (Å²) in [7, 11) is 0. The molecule has 134 valence electrons. The number of nitrogens with one attached hydrogen (secondary N) is 2. The quantitative estimate of drug-likeness (QED) is 0.580. The van der Waals surface area contributed by atoms with E-state index in [9.17, 15) is 9.59 Å². The summed E-state index contributed by atoms with van der Waals surface area (Å²) in [6.45, 7) is 3.94. The molecule has 3 rings (SSSR count). The van der Waals surface area contributed by atoms with Gasteiger partial charge in [0.2, 0.25) is 11.8 Å². The van der Waals surface area contributed by atoms with Crippen LogP contribution >= 0.6 is 0 Å². The summed E-state index contributed by atoms with van der Waals surface area (Å²) >= 11 is 0. The predicted octanol–water partition coefficient (Wildman–Crippen LogP) is 5.47. The molecular weight excluding hydrogens is 324 g/mol. The largest absolute Gasteiger partial charge is 0.324 e. The molecule has 0 saturated heterocycles. The molecule has 4 heteroatoms. The molecule has 0 fully saturated rings. The Balaban J connectivity index is 2.13. The van der Waals surface area contributed by atoms with E-state index >= 15 is 0 Å². The lowest BCUT2D eigenvalue weighted by atomic mass is 10.0. The van der Waals surface area contributed by atoms with Crippen LogP contribution in [0.25, 0.3) is 21.5 Å². The Hall–Kier alpha value is -2.88. The Kier molecular flexibility index (Phi) is 5.52. The first-order valence-corrected chi connectivity index (χ1v) is 9.17. The molecule has 0 aliphatic heterocycles. The van der Waals surface area contributed by atoms with Crippen LogP contribution in [0.4, 0.5) is 11.4 Å². The molecule has 26 heavy (non-hydrogen) atoms. The maximum Gasteiger partial charge on any atom is 0.224 e. The Morgan fingerprint density at radius 3 is 2.04 bits per heavy atom. The molecule has 3 aromatic rings. The number of anilines is 2. The fraction of sp³-hybridized carbons (Fsp3) is 0.273. The summed E-state index contributed by atoms with van der Waals surface area (Å²) in [6.07, 6.45) is 2.46. The minimum atomic E-state index is -0.0429. The van der Waals surface area contributed by atoms with E-state index in [1.54, 1.807) is 0 Å². The van der Waals surface area contributed by atoms with Crippen LogP contribution in [0.5, 0.6) is 0 Å². The van der Waals surface area contributed by atoms with Gasteiger partial charge >= 0.3 is 0 Å². The lowest BCUT2D eigenvalue weighted by Crippen LogP contribution is -2.16. The SMILES string of the molecule is CCCC(=O)Nc1ccc2cc3ccccc3cc2c1NC(=O)CCC. The Morgan fingerprint density at radius 1 is 0.769 bits per heavy atom. The van der Waals surface area contributed by atoms with E-state index < -0.39 is 0 Å². The normalized spacial score (nSPS) is 10.8. The van der Waals surface area contributed by atoms with Gasteiger partial charge in [-0.15, -0.1) is 0 Å². The lowest BCUT2D eigenvalue weighted by molar-refractivity contribution is -0.117. The highest BCUT2D eigenvalue weighted by molar-refractivity contribution is 6.13. The van der Waals surface area contributed by atoms with E-state index in [1.165, 1.54) is 0 Å². The molecule has 0 heterocycles. The average Bonchev–Trinajstić information content (AvgIpc) is 2.62. The molecule has 4 nitrogen and oxygen atoms in total. The number of amides is 2. The summed E-state index contributed by atoms with van der Waals surface area (Å²) < 4.78 is 0. The zero-order valence-electron chi connectivity index (χ0n) is 15.3. The number of fused-ring (bicyclic) bond motifs is 2. The monoisotopic (exact) mass is 348 g/mol. The maximum atomic E-state index is 12.3. The molecule has 2 N–H and O–H groups in total. The Morgan fingerprint density at radius 2 is 1.38 bits per heavy atom. The Labute approximate surface area is 153 Å². The zero-order valence-corrected chi connectivity index (χ0v) is 15.3. The number of benzene rings is 3. The van der Waals surface area contributed by atoms with E-state index in [0.29, 0.717) is 24.2 Å². The number of hydrogen-bond acceptors (Lipinski definition) is 2. The lowest BCUT2D eigenvalue weighted by Gasteiger charge is -2.16. The van der Waals surface area contributed by atoms with Crippen LogP contribution in [-0.4, -0.2) is 11.8 Å². The number of rotatable bonds is 6. The van der Waals surface area contributed by atoms with Gasteiger partial charge in [-0.1, -0.05) is 44.2 Å². The van der Waals surface area contributed by atoms with Crippen LogP contribution in [0.2, 0.25) is 0 Å². The van der Waals surface area contributed by atoms with Crippen LogP contribution in [0.1, 0.15) is 39.5 Å². The molecule has 0 aliphatic rings. The first-order valence-electron chi connectivity index (χ1n) is 9.17. The van der Waals surface area contributed by atoms with Gasteiger partial charge in [0.25, 0.3) is 0 Å². The van der Waals surface area contributed by atoms with Gasteiger partial charge in [0.05, 0.1) is 11.4 Å². The first kappa shape index (κ1) is 17.9. The van der Waals surface area contributed by atoms with Crippen molar-refractivity contribution < 1.29 is 9.59 Å². The number of carbonyl (C=O) groups excluding carboxylic acids is 2. The van der Waals surface area contributed by atoms with Gasteiger partial charge in [-0.25, -0.2) is 0 Å². The second-order valence-electron chi connectivity index (χ2n) is 6.50. The van der Waals surface area contributed by atoms with E-state index in [1.807, 2.05) is 38.1 Å². The van der Waals surface area contributed by atoms with Gasteiger partial charge in [-0.3, -0.25) is 9.59 Å². The fourth-order valence-electron chi connectivity index (χ4n) is 3.12. The van der Waals surface area contributed by atoms with Crippen molar-refractivity contribution in [3.05, 3.63) is 48.5 Å². The summed E-state index contributed by atoms with van der Waals surface area (Å²) in [5, 5.41) is 10.2. The van der Waals surface area contributed by atoms with Crippen molar-refractivity contribution in [1.29, 1.82) is 0 Å². The van der Waals surface area contributed by atoms with E-state index in [0.717, 1.165) is 34.4 Å². The van der Waals surface area contributed by atoms with Crippen LogP contribution in [0.15, 0.2) is 48.5 Å². The average molecular weight is 348 g/mol. The molecule has 0 saturated carbocycles. The Bertz CT molecular complexity index is 963. The highest BCUT2D eigenvalue weighted by Gasteiger charge is 2.13. The van der Waals surface area contributed by atoms with Gasteiger partial charge < -0.3 is 10.6 Å². The third-order valence-corrected chi connectivity index (χ3v) is 4.38. The van der Waals surface area contributed by atoms with Crippen molar-refractivity contribution in [2.45, 2.75) is 39.5 Å². The van der Waals surface area contributed by atoms with Gasteiger partial charge in [0.15, 0.2) is 0 Å². The molecular formula is C22H24N2O2. The molecule has 0 bridgehead atoms. The third kappa shape index (κ3) is 3.85. The van der Waals surface area contributed by atoms with Crippen molar-refractivity contribution in [1.82, 2.24) is 0 Å². The van der Waals surface area contributed by atoms with E-state index in [4.69, 9.17) is 0 Å². The fourth-order valence-corrected chi connectivity index (χ4v) is 3.12. The van der Waals surface area contributed by atoms with Gasteiger partial charge in [0, 0.05) is 18.2 Å². The van der Waals surface area contributed by atoms with E-state index in [2.05, 4.69) is 34.9 Å². The van der Waals surface area contributed by atoms with Crippen LogP contribution < -0.4 is 10.6 Å². The van der Waals surface area contributed by atoms with Crippen LogP contribution in [-0.2, 0) is 9.59 Å². The molecule has 0 unspecified atom stereocenters. The first-order chi connectivity index (χ1) is 12.6. The van der Waals surface area contributed by atoms with Crippen molar-refractivity contribution in [3.8, 4) is 0 Å². The minimum absolute atomic E-state index is 0.0425. The van der Waals surface area contributed by atoms with Crippen molar-refractivity contribution in [2.24, 2.45) is 0 Å². The van der Waals surface area contributed by atoms with Crippen LogP contribution in [0, 0.1) is 0 Å². The smallest absolute Gasteiger partial charge is 0.224 e. The minimum Gasteiger partial charge on any atom is -0.324 e. The van der Waals surface area contributed by atoms with Gasteiger partial charge in [-0.2, -0.15) is 0 Å². The second-order valence-corrected chi connectivity index (χ2v) is 6.50. The molecule has 0 atom stereocenters. The summed E-state index contributed by atoms with van der Waals surface area (Å²) in [4.78, 5) is 24.4. The molecule has 0 spiro atoms. The molecule has 2 amide bonds. The van der Waals surface area contributed by atoms with Crippen molar-refractivity contribution in [3.63, 3.8) is 0 Å². The van der Waals surface area contributed by atoms with Crippen molar-refractivity contribution in [2.75, 3.05) is 10.6 Å². The van der Waals surface area contributed by atoms with Crippen LogP contribution in [0.3, 0.4) is 0 Å². The predicted molar refractivity (Wildman–Crippen MR) is 109 cm³/mol. The van der Waals surface area contributed by atoms with Crippen molar-refractivity contribution >= 4 is 44.7 Å². The highest BCUT2D eigenvalue weighted by Crippen LogP contribution is 2.34. The topological polar surface area (TPSA) is 58.2 Å². The number of hydrogen-bond donors (Lipinski definition) is 2. The van der Waals surface area contributed by atoms with Gasteiger partial charge in [-0.05, 0) is 47.2 Å². The summed E-state index contributed by atoms with van der Waals surface area (Å²) in [5.41, 5.74) is 1.33. The zero-order chi connectivity index (χ0) is 18.5. The highest BCUT2D eigenvalue weighted by atomic mass is 16.2. The standard InChI is InChI=1S/C22H24N2O2/c1-3-7-20(25)23-19-12-11-17-13-15-9-5-6-10-16(15)14-18(17)22(19)24-21(26)8-4-2/h5-6,9-14H,3-4,7-8H2,1-2H3,(H,23,25)(H,24,26). The molecule has 0 aromatic heterocycles. The molecule has 0 radical (unpaired) electrons. The summed E-state index contributed by atoms with van der Waals surface area (Å²) in [6, 6.07) is 16.2. The second kappa shape index (κ2) is 8.00. The maximum absolute atomic E-state index is 12.3. The van der Waals surface area contributed by atoms with E-state index in [-0.39, 0.29) is 11.8 Å². The number of carbonyl (C=O) groups is 2. The van der Waals surface area contributed by atoms with Gasteiger partial charge in [0.1, 0.15) is 0 Å². The summed E-state index contributed by atoms with van der Waals surface area (Å²) in [5.74, 6) is -0.0854. The molecule has 0 aliphatic carbocycles. The third-order valence-electron chi connectivity index (χ3n) is 4.38.